The molecule has 0 aliphatic heterocycles. The molecule has 1 aromatic heterocycles. The van der Waals surface area contributed by atoms with Gasteiger partial charge < -0.3 is 4.74 Å². The Labute approximate surface area is 103 Å². The van der Waals surface area contributed by atoms with Crippen LogP contribution in [0.2, 0.25) is 5.02 Å². The van der Waals surface area contributed by atoms with Crippen LogP contribution in [0.1, 0.15) is 5.56 Å². The fraction of sp³-hybridized carbons (Fsp3) is 0.444. The van der Waals surface area contributed by atoms with Gasteiger partial charge in [0, 0.05) is 6.20 Å². The van der Waals surface area contributed by atoms with Crippen LogP contribution in [0.3, 0.4) is 0 Å². The Kier molecular flexibility index (Phi) is 3.99. The largest absolute Gasteiger partial charge is 0.454 e. The van der Waals surface area contributed by atoms with Crippen molar-refractivity contribution in [3.8, 4) is 5.88 Å². The molecule has 0 unspecified atom stereocenters. The van der Waals surface area contributed by atoms with Crippen molar-refractivity contribution in [2.75, 3.05) is 0 Å². The third kappa shape index (κ3) is 3.66. The van der Waals surface area contributed by atoms with Gasteiger partial charge in [-0.3, -0.25) is 0 Å². The van der Waals surface area contributed by atoms with E-state index in [1.54, 1.807) is 0 Å². The molecule has 0 aliphatic rings. The number of halogens is 7. The Morgan fingerprint density at radius 3 is 2.06 bits per heavy atom. The molecule has 0 amide bonds. The Morgan fingerprint density at radius 2 is 1.67 bits per heavy atom. The van der Waals surface area contributed by atoms with Crippen LogP contribution in [0.5, 0.6) is 5.88 Å². The second-order valence-electron chi connectivity index (χ2n) is 3.38. The number of rotatable bonds is 2. The number of nitrogens with zero attached hydrogens (tertiary/aromatic N) is 1. The van der Waals surface area contributed by atoms with E-state index in [4.69, 9.17) is 11.6 Å². The highest BCUT2D eigenvalue weighted by Gasteiger charge is 2.59. The van der Waals surface area contributed by atoms with E-state index < -0.39 is 29.4 Å². The minimum absolute atomic E-state index is 0.423. The molecule has 0 atom stereocenters. The Balaban J connectivity index is 3.05. The van der Waals surface area contributed by atoms with Crippen LogP contribution in [0.4, 0.5) is 26.3 Å². The van der Waals surface area contributed by atoms with Crippen LogP contribution in [0, 0.1) is 6.92 Å². The lowest BCUT2D eigenvalue weighted by Crippen LogP contribution is -2.46. The van der Waals surface area contributed by atoms with Crippen LogP contribution in [-0.2, 0) is 0 Å². The maximum atomic E-state index is 12.2. The van der Waals surface area contributed by atoms with Gasteiger partial charge in [0.1, 0.15) is 5.02 Å². The van der Waals surface area contributed by atoms with Gasteiger partial charge in [-0.05, 0) is 18.6 Å². The maximum absolute atomic E-state index is 12.2. The van der Waals surface area contributed by atoms with E-state index in [0.717, 1.165) is 12.3 Å². The van der Waals surface area contributed by atoms with E-state index in [-0.39, 0.29) is 0 Å². The van der Waals surface area contributed by atoms with Crippen molar-refractivity contribution in [3.05, 3.63) is 22.8 Å². The fourth-order valence-corrected chi connectivity index (χ4v) is 1.30. The average molecular weight is 294 g/mol. The highest BCUT2D eigenvalue weighted by atomic mass is 35.5. The van der Waals surface area contributed by atoms with E-state index >= 15 is 0 Å². The summed E-state index contributed by atoms with van der Waals surface area (Å²) in [7, 11) is 0. The van der Waals surface area contributed by atoms with E-state index in [2.05, 4.69) is 9.72 Å². The van der Waals surface area contributed by atoms with Crippen LogP contribution in [0.25, 0.3) is 0 Å². The van der Waals surface area contributed by atoms with E-state index in [0.29, 0.717) is 5.56 Å². The second-order valence-corrected chi connectivity index (χ2v) is 3.79. The second kappa shape index (κ2) is 4.83. The molecule has 102 valence electrons. The van der Waals surface area contributed by atoms with E-state index in [1.807, 2.05) is 0 Å². The number of alkyl halides is 6. The lowest BCUT2D eigenvalue weighted by Gasteiger charge is -2.23. The summed E-state index contributed by atoms with van der Waals surface area (Å²) in [4.78, 5) is 3.29. The van der Waals surface area contributed by atoms with Gasteiger partial charge in [0.15, 0.2) is 0 Å². The summed E-state index contributed by atoms with van der Waals surface area (Å²) in [5.41, 5.74) is 0.475. The SMILES string of the molecule is Cc1cnc(OC(C(F)(F)F)C(F)(F)F)c(Cl)c1. The van der Waals surface area contributed by atoms with Crippen LogP contribution < -0.4 is 4.74 Å². The summed E-state index contributed by atoms with van der Waals surface area (Å²) < 4.78 is 77.0. The first-order valence-electron chi connectivity index (χ1n) is 4.44. The molecule has 0 bridgehead atoms. The highest BCUT2D eigenvalue weighted by molar-refractivity contribution is 6.31. The fourth-order valence-electron chi connectivity index (χ4n) is 1.04. The summed E-state index contributed by atoms with van der Waals surface area (Å²) >= 11 is 5.45. The molecule has 18 heavy (non-hydrogen) atoms. The molecule has 0 radical (unpaired) electrons. The first kappa shape index (κ1) is 14.9. The zero-order valence-electron chi connectivity index (χ0n) is 8.73. The minimum atomic E-state index is -5.60. The third-order valence-corrected chi connectivity index (χ3v) is 2.04. The molecule has 1 heterocycles. The summed E-state index contributed by atoms with van der Waals surface area (Å²) in [5.74, 6) is -0.915. The zero-order valence-corrected chi connectivity index (χ0v) is 9.49. The summed E-state index contributed by atoms with van der Waals surface area (Å²) in [5, 5.41) is -0.423. The standard InChI is InChI=1S/C9H6ClF6NO/c1-4-2-5(10)6(17-3-4)18-7(8(11,12)13)9(14,15)16/h2-3,7H,1H3. The van der Waals surface area contributed by atoms with Crippen molar-refractivity contribution in [3.63, 3.8) is 0 Å². The predicted octanol–water partition coefficient (Wildman–Crippen LogP) is 3.92. The molecule has 1 rings (SSSR count). The minimum Gasteiger partial charge on any atom is -0.454 e. The molecule has 0 aromatic carbocycles. The number of aromatic nitrogens is 1. The van der Waals surface area contributed by atoms with Crippen molar-refractivity contribution < 1.29 is 31.1 Å². The molecular formula is C9H6ClF6NO. The van der Waals surface area contributed by atoms with Gasteiger partial charge in [-0.15, -0.1) is 0 Å². The number of hydrogen-bond acceptors (Lipinski definition) is 2. The van der Waals surface area contributed by atoms with E-state index in [1.165, 1.54) is 6.92 Å². The third-order valence-electron chi connectivity index (χ3n) is 1.77. The smallest absolute Gasteiger partial charge is 0.434 e. The lowest BCUT2D eigenvalue weighted by molar-refractivity contribution is -0.300. The van der Waals surface area contributed by atoms with Gasteiger partial charge in [0.25, 0.3) is 6.10 Å². The zero-order chi connectivity index (χ0) is 14.1. The average Bonchev–Trinajstić information content (AvgIpc) is 2.12. The van der Waals surface area contributed by atoms with Crippen molar-refractivity contribution in [2.24, 2.45) is 0 Å². The molecule has 0 saturated carbocycles. The highest BCUT2D eigenvalue weighted by Crippen LogP contribution is 2.37. The number of ether oxygens (including phenoxy) is 1. The summed E-state index contributed by atoms with van der Waals surface area (Å²) in [6.07, 6.45) is -14.1. The van der Waals surface area contributed by atoms with Crippen LogP contribution in [0.15, 0.2) is 12.3 Å². The quantitative estimate of drug-likeness (QED) is 0.771. The van der Waals surface area contributed by atoms with Gasteiger partial charge in [0.05, 0.1) is 0 Å². The predicted molar refractivity (Wildman–Crippen MR) is 50.5 cm³/mol. The molecule has 2 nitrogen and oxygen atoms in total. The molecule has 0 aliphatic carbocycles. The van der Waals surface area contributed by atoms with Crippen molar-refractivity contribution in [1.29, 1.82) is 0 Å². The Hall–Kier alpha value is -1.18. The van der Waals surface area contributed by atoms with Gasteiger partial charge >= 0.3 is 12.4 Å². The Bertz CT molecular complexity index is 416. The van der Waals surface area contributed by atoms with E-state index in [9.17, 15) is 26.3 Å². The topological polar surface area (TPSA) is 22.1 Å². The van der Waals surface area contributed by atoms with Gasteiger partial charge in [-0.25, -0.2) is 4.98 Å². The number of aryl methyl sites for hydroxylation is 1. The van der Waals surface area contributed by atoms with Crippen molar-refractivity contribution in [2.45, 2.75) is 25.4 Å². The van der Waals surface area contributed by atoms with Gasteiger partial charge in [-0.2, -0.15) is 26.3 Å². The maximum Gasteiger partial charge on any atom is 0.434 e. The van der Waals surface area contributed by atoms with Crippen LogP contribution >= 0.6 is 11.6 Å². The number of hydrogen-bond donors (Lipinski definition) is 0. The first-order chi connectivity index (χ1) is 8.01. The summed E-state index contributed by atoms with van der Waals surface area (Å²) in [6, 6.07) is 1.15. The number of pyridine rings is 1. The lowest BCUT2D eigenvalue weighted by atomic mass is 10.3. The normalized spacial score (nSPS) is 12.9. The van der Waals surface area contributed by atoms with Gasteiger partial charge in [-0.1, -0.05) is 11.6 Å². The molecule has 0 fully saturated rings. The molecule has 9 heteroatoms. The molecular weight excluding hydrogens is 288 g/mol. The first-order valence-corrected chi connectivity index (χ1v) is 4.82. The summed E-state index contributed by atoms with van der Waals surface area (Å²) in [6.45, 7) is 1.52. The van der Waals surface area contributed by atoms with Crippen molar-refractivity contribution >= 4 is 11.6 Å². The van der Waals surface area contributed by atoms with Gasteiger partial charge in [0.2, 0.25) is 5.88 Å². The van der Waals surface area contributed by atoms with Crippen LogP contribution in [-0.4, -0.2) is 23.4 Å². The van der Waals surface area contributed by atoms with Crippen molar-refractivity contribution in [1.82, 2.24) is 4.98 Å². The molecule has 0 spiro atoms. The molecule has 1 aromatic rings. The molecule has 0 saturated heterocycles. The monoisotopic (exact) mass is 293 g/mol. The molecule has 0 N–H and O–H groups in total. The Morgan fingerprint density at radius 1 is 1.17 bits per heavy atom.